The lowest BCUT2D eigenvalue weighted by Crippen LogP contribution is -2.36. The summed E-state index contributed by atoms with van der Waals surface area (Å²) in [5, 5.41) is 9.17. The molecule has 7 heteroatoms. The molecule has 3 aromatic carbocycles. The standard InChI is InChI=1S/C26H24FNO5/c1-32-23-10-7-18(14-24(29)30)13-20(23)25-21-15-28(12-11-19(21)8-9-22(25)27)26(31)33-16-17-5-3-2-4-6-17/h2-10,13H,11-12,14-16H2,1H3,(H,29,30). The molecule has 6 nitrogen and oxygen atoms in total. The van der Waals surface area contributed by atoms with Crippen LogP contribution in [0, 0.1) is 5.82 Å². The van der Waals surface area contributed by atoms with E-state index in [1.807, 2.05) is 30.3 Å². The van der Waals surface area contributed by atoms with Gasteiger partial charge in [-0.05, 0) is 46.9 Å². The van der Waals surface area contributed by atoms with Crippen molar-refractivity contribution in [2.75, 3.05) is 13.7 Å². The van der Waals surface area contributed by atoms with Gasteiger partial charge in [0, 0.05) is 24.2 Å². The van der Waals surface area contributed by atoms with Crippen LogP contribution in [0.3, 0.4) is 0 Å². The van der Waals surface area contributed by atoms with E-state index < -0.39 is 17.9 Å². The van der Waals surface area contributed by atoms with Gasteiger partial charge in [0.25, 0.3) is 0 Å². The second-order valence-electron chi connectivity index (χ2n) is 7.88. The molecule has 0 spiro atoms. The Morgan fingerprint density at radius 1 is 1.06 bits per heavy atom. The summed E-state index contributed by atoms with van der Waals surface area (Å²) in [5.74, 6) is -1.01. The van der Waals surface area contributed by atoms with Crippen molar-refractivity contribution in [3.63, 3.8) is 0 Å². The van der Waals surface area contributed by atoms with Gasteiger partial charge in [-0.25, -0.2) is 9.18 Å². The molecular weight excluding hydrogens is 425 g/mol. The van der Waals surface area contributed by atoms with Crippen LogP contribution in [0.25, 0.3) is 11.1 Å². The van der Waals surface area contributed by atoms with Crippen molar-refractivity contribution >= 4 is 12.1 Å². The van der Waals surface area contributed by atoms with Gasteiger partial charge < -0.3 is 19.5 Å². The highest BCUT2D eigenvalue weighted by molar-refractivity contribution is 5.79. The summed E-state index contributed by atoms with van der Waals surface area (Å²) >= 11 is 0. The van der Waals surface area contributed by atoms with Crippen LogP contribution < -0.4 is 4.74 Å². The van der Waals surface area contributed by atoms with Crippen LogP contribution in [0.4, 0.5) is 9.18 Å². The maximum atomic E-state index is 15.2. The van der Waals surface area contributed by atoms with Gasteiger partial charge in [-0.3, -0.25) is 4.79 Å². The number of hydrogen-bond acceptors (Lipinski definition) is 4. The number of nitrogens with zero attached hydrogens (tertiary/aromatic N) is 1. The monoisotopic (exact) mass is 449 g/mol. The zero-order chi connectivity index (χ0) is 23.4. The normalized spacial score (nSPS) is 12.7. The molecule has 1 N–H and O–H groups in total. The lowest BCUT2D eigenvalue weighted by atomic mass is 9.89. The fourth-order valence-corrected chi connectivity index (χ4v) is 4.10. The molecule has 4 rings (SSSR count). The number of carbonyl (C=O) groups excluding carboxylic acids is 1. The van der Waals surface area contributed by atoms with E-state index in [0.29, 0.717) is 41.0 Å². The SMILES string of the molecule is COc1ccc(CC(=O)O)cc1-c1c(F)ccc2c1CN(C(=O)OCc1ccccc1)CC2. The summed E-state index contributed by atoms with van der Waals surface area (Å²) in [4.78, 5) is 25.5. The van der Waals surface area contributed by atoms with E-state index >= 15 is 4.39 Å². The molecule has 1 amide bonds. The highest BCUT2D eigenvalue weighted by atomic mass is 19.1. The zero-order valence-electron chi connectivity index (χ0n) is 18.2. The van der Waals surface area contributed by atoms with Crippen LogP contribution >= 0.6 is 0 Å². The van der Waals surface area contributed by atoms with E-state index in [0.717, 1.165) is 11.1 Å². The highest BCUT2D eigenvalue weighted by Crippen LogP contribution is 2.38. The summed E-state index contributed by atoms with van der Waals surface area (Å²) in [7, 11) is 1.48. The molecule has 0 fully saturated rings. The summed E-state index contributed by atoms with van der Waals surface area (Å²) in [5.41, 5.74) is 3.80. The Hall–Kier alpha value is -3.87. The number of amides is 1. The number of aliphatic carboxylic acids is 1. The van der Waals surface area contributed by atoms with Crippen LogP contribution in [0.2, 0.25) is 0 Å². The minimum Gasteiger partial charge on any atom is -0.496 e. The van der Waals surface area contributed by atoms with E-state index in [9.17, 15) is 9.59 Å². The smallest absolute Gasteiger partial charge is 0.410 e. The first kappa shape index (κ1) is 22.3. The number of ether oxygens (including phenoxy) is 2. The molecule has 0 radical (unpaired) electrons. The number of carboxylic acid groups (broad SMARTS) is 1. The van der Waals surface area contributed by atoms with Crippen molar-refractivity contribution in [1.29, 1.82) is 0 Å². The minimum atomic E-state index is -0.978. The van der Waals surface area contributed by atoms with Crippen LogP contribution in [0.15, 0.2) is 60.7 Å². The third-order valence-electron chi connectivity index (χ3n) is 5.71. The van der Waals surface area contributed by atoms with Gasteiger partial charge in [0.05, 0.1) is 13.5 Å². The molecule has 1 aliphatic heterocycles. The van der Waals surface area contributed by atoms with Crippen molar-refractivity contribution in [2.24, 2.45) is 0 Å². The van der Waals surface area contributed by atoms with Gasteiger partial charge in [-0.15, -0.1) is 0 Å². The summed E-state index contributed by atoms with van der Waals surface area (Å²) in [6.45, 7) is 0.800. The van der Waals surface area contributed by atoms with E-state index in [1.165, 1.54) is 13.2 Å². The predicted molar refractivity (Wildman–Crippen MR) is 120 cm³/mol. The molecule has 0 bridgehead atoms. The molecule has 170 valence electrons. The maximum Gasteiger partial charge on any atom is 0.410 e. The Bertz CT molecular complexity index is 1180. The Morgan fingerprint density at radius 2 is 1.85 bits per heavy atom. The number of carboxylic acids is 1. The Kier molecular flexibility index (Phi) is 6.58. The molecule has 0 saturated heterocycles. The topological polar surface area (TPSA) is 76.1 Å². The van der Waals surface area contributed by atoms with E-state index in [1.54, 1.807) is 29.2 Å². The van der Waals surface area contributed by atoms with Crippen molar-refractivity contribution < 1.29 is 28.6 Å². The molecule has 1 heterocycles. The largest absolute Gasteiger partial charge is 0.496 e. The van der Waals surface area contributed by atoms with Crippen molar-refractivity contribution in [3.8, 4) is 16.9 Å². The molecule has 0 saturated carbocycles. The third kappa shape index (κ3) is 4.98. The maximum absolute atomic E-state index is 15.2. The van der Waals surface area contributed by atoms with Gasteiger partial charge in [0.15, 0.2) is 0 Å². The fraction of sp³-hybridized carbons (Fsp3) is 0.231. The van der Waals surface area contributed by atoms with Crippen LogP contribution in [-0.4, -0.2) is 35.7 Å². The van der Waals surface area contributed by atoms with Crippen molar-refractivity contribution in [2.45, 2.75) is 26.0 Å². The van der Waals surface area contributed by atoms with Gasteiger partial charge in [0.1, 0.15) is 18.2 Å². The Balaban J connectivity index is 1.64. The van der Waals surface area contributed by atoms with Crippen molar-refractivity contribution in [1.82, 2.24) is 4.90 Å². The molecule has 33 heavy (non-hydrogen) atoms. The number of fused-ring (bicyclic) bond motifs is 1. The molecule has 0 aromatic heterocycles. The number of benzene rings is 3. The van der Waals surface area contributed by atoms with Gasteiger partial charge >= 0.3 is 12.1 Å². The fourth-order valence-electron chi connectivity index (χ4n) is 4.10. The number of carbonyl (C=O) groups is 2. The Labute approximate surface area is 191 Å². The highest BCUT2D eigenvalue weighted by Gasteiger charge is 2.27. The summed E-state index contributed by atoms with van der Waals surface area (Å²) in [6.07, 6.45) is -0.0996. The lowest BCUT2D eigenvalue weighted by Gasteiger charge is -2.30. The van der Waals surface area contributed by atoms with Crippen molar-refractivity contribution in [3.05, 3.63) is 88.7 Å². The number of methoxy groups -OCH3 is 1. The first-order chi connectivity index (χ1) is 16.0. The second-order valence-corrected chi connectivity index (χ2v) is 7.88. The third-order valence-corrected chi connectivity index (χ3v) is 5.71. The summed E-state index contributed by atoms with van der Waals surface area (Å²) in [6, 6.07) is 17.5. The average molecular weight is 449 g/mol. The van der Waals surface area contributed by atoms with E-state index in [2.05, 4.69) is 0 Å². The minimum absolute atomic E-state index is 0.157. The molecule has 0 unspecified atom stereocenters. The van der Waals surface area contributed by atoms with Gasteiger partial charge in [-0.1, -0.05) is 42.5 Å². The quantitative estimate of drug-likeness (QED) is 0.584. The lowest BCUT2D eigenvalue weighted by molar-refractivity contribution is -0.136. The first-order valence-electron chi connectivity index (χ1n) is 10.6. The predicted octanol–water partition coefficient (Wildman–Crippen LogP) is 4.82. The number of hydrogen-bond donors (Lipinski definition) is 1. The Morgan fingerprint density at radius 3 is 2.58 bits per heavy atom. The second kappa shape index (κ2) is 9.73. The van der Waals surface area contributed by atoms with Gasteiger partial charge in [0.2, 0.25) is 0 Å². The molecule has 1 aliphatic rings. The van der Waals surface area contributed by atoms with Crippen LogP contribution in [-0.2, 0) is 35.5 Å². The average Bonchev–Trinajstić information content (AvgIpc) is 2.82. The molecule has 0 aliphatic carbocycles. The van der Waals surface area contributed by atoms with E-state index in [4.69, 9.17) is 14.6 Å². The van der Waals surface area contributed by atoms with Crippen LogP contribution in [0.5, 0.6) is 5.75 Å². The van der Waals surface area contributed by atoms with E-state index in [-0.39, 0.29) is 19.6 Å². The molecule has 0 atom stereocenters. The number of rotatable bonds is 6. The summed E-state index contributed by atoms with van der Waals surface area (Å²) < 4.78 is 26.1. The molecular formula is C26H24FNO5. The first-order valence-corrected chi connectivity index (χ1v) is 10.6. The van der Waals surface area contributed by atoms with Gasteiger partial charge in [-0.2, -0.15) is 0 Å². The number of halogens is 1. The van der Waals surface area contributed by atoms with Crippen LogP contribution in [0.1, 0.15) is 22.3 Å². The molecule has 3 aromatic rings. The zero-order valence-corrected chi connectivity index (χ0v) is 18.2.